The second kappa shape index (κ2) is 8.39. The minimum atomic E-state index is 0.100. The highest BCUT2D eigenvalue weighted by Gasteiger charge is 2.29. The Morgan fingerprint density at radius 2 is 2.11 bits per heavy atom. The van der Waals surface area contributed by atoms with Crippen molar-refractivity contribution in [3.63, 3.8) is 0 Å². The molecule has 28 heavy (non-hydrogen) atoms. The third-order valence-electron chi connectivity index (χ3n) is 5.77. The topological polar surface area (TPSA) is 73.2 Å². The van der Waals surface area contributed by atoms with Crippen LogP contribution in [-0.2, 0) is 11.3 Å². The zero-order chi connectivity index (χ0) is 19.7. The van der Waals surface area contributed by atoms with Crippen LogP contribution in [-0.4, -0.2) is 42.0 Å². The summed E-state index contributed by atoms with van der Waals surface area (Å²) >= 11 is 6.35. The summed E-state index contributed by atoms with van der Waals surface area (Å²) in [5.41, 5.74) is 3.34. The van der Waals surface area contributed by atoms with E-state index in [1.165, 1.54) is 5.56 Å². The monoisotopic (exact) mass is 404 g/mol. The first-order chi connectivity index (χ1) is 13.6. The van der Waals surface area contributed by atoms with Gasteiger partial charge in [-0.3, -0.25) is 0 Å². The fourth-order valence-electron chi connectivity index (χ4n) is 4.57. The van der Waals surface area contributed by atoms with Crippen LogP contribution in [0, 0.1) is 5.92 Å². The molecule has 0 aromatic carbocycles. The minimum Gasteiger partial charge on any atom is -0.395 e. The smallest absolute Gasteiger partial charge is 0.0895 e. The van der Waals surface area contributed by atoms with E-state index in [0.717, 1.165) is 47.8 Å². The molecule has 7 heteroatoms. The molecule has 0 amide bonds. The van der Waals surface area contributed by atoms with Gasteiger partial charge in [0.1, 0.15) is 0 Å². The normalized spacial score (nSPS) is 24.5. The van der Waals surface area contributed by atoms with E-state index in [0.29, 0.717) is 36.7 Å². The van der Waals surface area contributed by atoms with Crippen molar-refractivity contribution >= 4 is 29.1 Å². The summed E-state index contributed by atoms with van der Waals surface area (Å²) in [6, 6.07) is 0. The first kappa shape index (κ1) is 19.7. The zero-order valence-corrected chi connectivity index (χ0v) is 17.4. The molecule has 1 aliphatic carbocycles. The van der Waals surface area contributed by atoms with E-state index in [4.69, 9.17) is 16.3 Å². The van der Waals surface area contributed by atoms with E-state index in [9.17, 15) is 5.11 Å². The number of nitrogens with one attached hydrogen (secondary N) is 1. The summed E-state index contributed by atoms with van der Waals surface area (Å²) < 4.78 is 6.00. The van der Waals surface area contributed by atoms with Crippen LogP contribution in [0.1, 0.15) is 45.1 Å². The first-order valence-corrected chi connectivity index (χ1v) is 10.7. The number of azo groups is 1. The standard InChI is InChI=1S/C21H29ClN4O2/c1-13(2)28-16-5-3-14(4-6-16)19-20-17(12-23-25-19)21-18(24-20)11-15(22)7-8-26(21)9-10-27/h7,11,13-14,16,24,27H,3-6,8-10,12H2,1-2H3/t14-,16-. The van der Waals surface area contributed by atoms with Gasteiger partial charge in [-0.15, -0.1) is 0 Å². The van der Waals surface area contributed by atoms with Gasteiger partial charge in [0.2, 0.25) is 0 Å². The van der Waals surface area contributed by atoms with Crippen LogP contribution < -0.4 is 15.6 Å². The highest BCUT2D eigenvalue weighted by Crippen LogP contribution is 2.34. The Balaban J connectivity index is 1.70. The fourth-order valence-corrected chi connectivity index (χ4v) is 4.75. The highest BCUT2D eigenvalue weighted by molar-refractivity contribution is 6.34. The molecule has 1 fully saturated rings. The molecule has 152 valence electrons. The number of anilines is 1. The summed E-state index contributed by atoms with van der Waals surface area (Å²) in [4.78, 5) is 5.75. The van der Waals surface area contributed by atoms with E-state index in [1.54, 1.807) is 0 Å². The van der Waals surface area contributed by atoms with E-state index < -0.39 is 0 Å². The molecule has 1 aromatic heterocycles. The Morgan fingerprint density at radius 3 is 2.82 bits per heavy atom. The molecule has 3 aliphatic rings. The first-order valence-electron chi connectivity index (χ1n) is 10.3. The SMILES string of the molecule is CC(C)O[C@H]1CC[C@H](C2=c3[nH]c4c(c3CN=N2)N(CCO)CC=C(Cl)C=4)CC1. The van der Waals surface area contributed by atoms with Crippen molar-refractivity contribution in [3.05, 3.63) is 27.4 Å². The second-order valence-electron chi connectivity index (χ2n) is 8.09. The number of allylic oxidation sites excluding steroid dienone is 1. The molecule has 0 unspecified atom stereocenters. The predicted octanol–water partition coefficient (Wildman–Crippen LogP) is 2.79. The number of aromatic amines is 1. The summed E-state index contributed by atoms with van der Waals surface area (Å²) in [5.74, 6) is 0.398. The van der Waals surface area contributed by atoms with E-state index in [-0.39, 0.29) is 12.7 Å². The van der Waals surface area contributed by atoms with Gasteiger partial charge >= 0.3 is 0 Å². The van der Waals surface area contributed by atoms with Gasteiger partial charge in [-0.25, -0.2) is 0 Å². The zero-order valence-electron chi connectivity index (χ0n) is 16.6. The van der Waals surface area contributed by atoms with Gasteiger partial charge in [0.15, 0.2) is 0 Å². The molecule has 3 heterocycles. The Hall–Kier alpha value is -1.63. The third kappa shape index (κ3) is 3.91. The number of rotatable bonds is 5. The maximum Gasteiger partial charge on any atom is 0.0895 e. The van der Waals surface area contributed by atoms with Crippen LogP contribution in [0.5, 0.6) is 0 Å². The number of aliphatic hydroxyl groups excluding tert-OH is 1. The Kier molecular flexibility index (Phi) is 5.90. The van der Waals surface area contributed by atoms with E-state index >= 15 is 0 Å². The number of hydrogen-bond donors (Lipinski definition) is 2. The van der Waals surface area contributed by atoms with Crippen LogP contribution in [0.25, 0.3) is 11.8 Å². The third-order valence-corrected chi connectivity index (χ3v) is 6.03. The number of β-amino-alcohol motifs (C(OH)–C–C–N with tert-alkyl or cyclic N) is 1. The molecule has 0 spiro atoms. The lowest BCUT2D eigenvalue weighted by atomic mass is 9.84. The second-order valence-corrected chi connectivity index (χ2v) is 8.52. The Morgan fingerprint density at radius 1 is 1.32 bits per heavy atom. The van der Waals surface area contributed by atoms with Crippen molar-refractivity contribution < 1.29 is 9.84 Å². The lowest BCUT2D eigenvalue weighted by Gasteiger charge is -2.30. The number of aromatic nitrogens is 1. The summed E-state index contributed by atoms with van der Waals surface area (Å²) in [7, 11) is 0. The molecular formula is C21H29ClN4O2. The molecule has 0 radical (unpaired) electrons. The minimum absolute atomic E-state index is 0.100. The van der Waals surface area contributed by atoms with Crippen LogP contribution >= 0.6 is 11.6 Å². The van der Waals surface area contributed by atoms with Crippen molar-refractivity contribution in [2.24, 2.45) is 16.1 Å². The quantitative estimate of drug-likeness (QED) is 0.792. The van der Waals surface area contributed by atoms with Gasteiger partial charge in [-0.2, -0.15) is 10.2 Å². The number of hydrogen-bond acceptors (Lipinski definition) is 5. The van der Waals surface area contributed by atoms with Gasteiger partial charge in [-0.1, -0.05) is 11.6 Å². The maximum absolute atomic E-state index is 9.51. The summed E-state index contributed by atoms with van der Waals surface area (Å²) in [5, 5.41) is 21.3. The van der Waals surface area contributed by atoms with Crippen molar-refractivity contribution in [3.8, 4) is 0 Å². The summed E-state index contributed by atoms with van der Waals surface area (Å²) in [6.07, 6.45) is 8.85. The molecule has 0 bridgehead atoms. The van der Waals surface area contributed by atoms with Gasteiger partial charge in [0.05, 0.1) is 47.4 Å². The van der Waals surface area contributed by atoms with Crippen molar-refractivity contribution in [1.29, 1.82) is 0 Å². The van der Waals surface area contributed by atoms with Gasteiger partial charge in [0, 0.05) is 29.6 Å². The number of ether oxygens (including phenoxy) is 1. The van der Waals surface area contributed by atoms with Gasteiger partial charge in [-0.05, 0) is 51.7 Å². The average molecular weight is 405 g/mol. The van der Waals surface area contributed by atoms with E-state index in [1.807, 2.05) is 12.2 Å². The van der Waals surface area contributed by atoms with Gasteiger partial charge in [0.25, 0.3) is 0 Å². The van der Waals surface area contributed by atoms with Crippen LogP contribution in [0.4, 0.5) is 5.69 Å². The fraction of sp³-hybridized carbons (Fsp3) is 0.619. The maximum atomic E-state index is 9.51. The number of H-pyrrole nitrogens is 1. The Labute approximate surface area is 170 Å². The lowest BCUT2D eigenvalue weighted by molar-refractivity contribution is -0.0161. The predicted molar refractivity (Wildman–Crippen MR) is 112 cm³/mol. The molecule has 2 N–H and O–H groups in total. The molecule has 2 aliphatic heterocycles. The number of halogens is 1. The van der Waals surface area contributed by atoms with Crippen molar-refractivity contribution in [2.75, 3.05) is 24.6 Å². The molecule has 0 saturated heterocycles. The van der Waals surface area contributed by atoms with Gasteiger partial charge < -0.3 is 19.7 Å². The molecular weight excluding hydrogens is 376 g/mol. The molecule has 4 rings (SSSR count). The summed E-state index contributed by atoms with van der Waals surface area (Å²) in [6.45, 7) is 6.10. The number of nitrogens with zero attached hydrogens (tertiary/aromatic N) is 3. The Bertz CT molecular complexity index is 894. The highest BCUT2D eigenvalue weighted by atomic mass is 35.5. The molecule has 0 atom stereocenters. The van der Waals surface area contributed by atoms with Crippen LogP contribution in [0.2, 0.25) is 0 Å². The van der Waals surface area contributed by atoms with Crippen molar-refractivity contribution in [1.82, 2.24) is 4.98 Å². The lowest BCUT2D eigenvalue weighted by Crippen LogP contribution is -2.31. The molecule has 6 nitrogen and oxygen atoms in total. The average Bonchev–Trinajstić information content (AvgIpc) is 2.95. The number of aliphatic hydroxyl groups is 1. The van der Waals surface area contributed by atoms with Crippen molar-refractivity contribution in [2.45, 2.75) is 58.3 Å². The van der Waals surface area contributed by atoms with Crippen LogP contribution in [0.3, 0.4) is 0 Å². The van der Waals surface area contributed by atoms with E-state index in [2.05, 4.69) is 34.0 Å². The number of fused-ring (bicyclic) bond motifs is 3. The molecule has 1 saturated carbocycles. The largest absolute Gasteiger partial charge is 0.395 e. The molecule has 1 aromatic rings. The van der Waals surface area contributed by atoms with Crippen LogP contribution in [0.15, 0.2) is 21.3 Å².